The summed E-state index contributed by atoms with van der Waals surface area (Å²) in [7, 11) is 0. The van der Waals surface area contributed by atoms with Crippen LogP contribution in [0.5, 0.6) is 0 Å². The van der Waals surface area contributed by atoms with Gasteiger partial charge in [-0.3, -0.25) is 0 Å². The second-order valence-corrected chi connectivity index (χ2v) is 1.79. The Kier molecular flexibility index (Phi) is 1.70. The molecule has 1 aliphatic rings. The standard InChI is InChI=1S/C7H8O2/c8-4-6-2-1-3-7(6)5-9/h1-4,8-9H,5H2/b6-4+. The van der Waals surface area contributed by atoms with Gasteiger partial charge < -0.3 is 10.2 Å². The summed E-state index contributed by atoms with van der Waals surface area (Å²) >= 11 is 0. The molecule has 0 amide bonds. The van der Waals surface area contributed by atoms with E-state index in [1.165, 1.54) is 0 Å². The molecule has 1 aliphatic carbocycles. The van der Waals surface area contributed by atoms with Crippen molar-refractivity contribution in [1.29, 1.82) is 0 Å². The molecule has 2 heteroatoms. The van der Waals surface area contributed by atoms with Crippen molar-refractivity contribution in [2.24, 2.45) is 0 Å². The summed E-state index contributed by atoms with van der Waals surface area (Å²) in [6.45, 7) is -0.0145. The predicted molar refractivity (Wildman–Crippen MR) is 35.0 cm³/mol. The summed E-state index contributed by atoms with van der Waals surface area (Å²) in [6.07, 6.45) is 6.28. The van der Waals surface area contributed by atoms with Crippen molar-refractivity contribution < 1.29 is 10.2 Å². The van der Waals surface area contributed by atoms with E-state index in [2.05, 4.69) is 0 Å². The fraction of sp³-hybridized carbons (Fsp3) is 0.143. The number of rotatable bonds is 1. The maximum atomic E-state index is 8.61. The number of hydrogen-bond acceptors (Lipinski definition) is 2. The maximum absolute atomic E-state index is 8.61. The van der Waals surface area contributed by atoms with E-state index < -0.39 is 0 Å². The summed E-state index contributed by atoms with van der Waals surface area (Å²) in [5.74, 6) is 0. The second-order valence-electron chi connectivity index (χ2n) is 1.79. The third-order valence-electron chi connectivity index (χ3n) is 1.25. The van der Waals surface area contributed by atoms with Crippen LogP contribution < -0.4 is 0 Å². The van der Waals surface area contributed by atoms with Gasteiger partial charge in [-0.25, -0.2) is 0 Å². The molecule has 0 heterocycles. The van der Waals surface area contributed by atoms with Crippen molar-refractivity contribution in [3.05, 3.63) is 35.6 Å². The van der Waals surface area contributed by atoms with Gasteiger partial charge in [0.2, 0.25) is 0 Å². The van der Waals surface area contributed by atoms with E-state index in [1.54, 1.807) is 18.2 Å². The lowest BCUT2D eigenvalue weighted by atomic mass is 10.2. The highest BCUT2D eigenvalue weighted by molar-refractivity contribution is 5.47. The van der Waals surface area contributed by atoms with Gasteiger partial charge in [-0.05, 0) is 5.57 Å². The Bertz CT molecular complexity index is 187. The normalized spacial score (nSPS) is 21.0. The topological polar surface area (TPSA) is 40.5 Å². The second kappa shape index (κ2) is 2.51. The van der Waals surface area contributed by atoms with Gasteiger partial charge in [0.25, 0.3) is 0 Å². The van der Waals surface area contributed by atoms with Crippen LogP contribution in [0.1, 0.15) is 0 Å². The van der Waals surface area contributed by atoms with Gasteiger partial charge in [0.1, 0.15) is 0 Å². The molecule has 0 fully saturated rings. The molecule has 0 saturated carbocycles. The fourth-order valence-electron chi connectivity index (χ4n) is 0.741. The zero-order valence-electron chi connectivity index (χ0n) is 4.91. The third-order valence-corrected chi connectivity index (χ3v) is 1.25. The number of aliphatic hydroxyl groups is 2. The van der Waals surface area contributed by atoms with Crippen LogP contribution in [0.3, 0.4) is 0 Å². The predicted octanol–water partition coefficient (Wildman–Crippen LogP) is 0.917. The van der Waals surface area contributed by atoms with Crippen molar-refractivity contribution in [3.8, 4) is 0 Å². The summed E-state index contributed by atoms with van der Waals surface area (Å²) in [6, 6.07) is 0. The molecule has 48 valence electrons. The lowest BCUT2D eigenvalue weighted by Crippen LogP contribution is -1.88. The maximum Gasteiger partial charge on any atom is 0.0867 e. The zero-order chi connectivity index (χ0) is 6.69. The zero-order valence-corrected chi connectivity index (χ0v) is 4.91. The molecule has 0 saturated heterocycles. The first-order valence-electron chi connectivity index (χ1n) is 2.71. The van der Waals surface area contributed by atoms with Gasteiger partial charge in [-0.15, -0.1) is 0 Å². The van der Waals surface area contributed by atoms with Crippen LogP contribution in [0, 0.1) is 0 Å². The smallest absolute Gasteiger partial charge is 0.0867 e. The lowest BCUT2D eigenvalue weighted by molar-refractivity contribution is 0.333. The SMILES string of the molecule is O/C=C1\C=CC=C1CO. The molecule has 0 aliphatic heterocycles. The Hall–Kier alpha value is -1.02. The quantitative estimate of drug-likeness (QED) is 0.510. The van der Waals surface area contributed by atoms with E-state index >= 15 is 0 Å². The highest BCUT2D eigenvalue weighted by atomic mass is 16.3. The molecule has 0 aromatic heterocycles. The molecule has 0 spiro atoms. The number of allylic oxidation sites excluding steroid dienone is 3. The van der Waals surface area contributed by atoms with Gasteiger partial charge in [0, 0.05) is 5.57 Å². The summed E-state index contributed by atoms with van der Waals surface area (Å²) in [5.41, 5.74) is 1.45. The van der Waals surface area contributed by atoms with Crippen LogP contribution in [0.15, 0.2) is 35.6 Å². The van der Waals surface area contributed by atoms with E-state index in [1.807, 2.05) is 0 Å². The van der Waals surface area contributed by atoms with Crippen LogP contribution in [-0.4, -0.2) is 16.8 Å². The molecular formula is C7H8O2. The molecule has 2 N–H and O–H groups in total. The first kappa shape index (κ1) is 6.11. The van der Waals surface area contributed by atoms with E-state index in [0.717, 1.165) is 11.8 Å². The van der Waals surface area contributed by atoms with Crippen LogP contribution in [0.25, 0.3) is 0 Å². The molecule has 0 radical (unpaired) electrons. The van der Waals surface area contributed by atoms with E-state index in [0.29, 0.717) is 5.57 Å². The van der Waals surface area contributed by atoms with Gasteiger partial charge in [-0.2, -0.15) is 0 Å². The van der Waals surface area contributed by atoms with E-state index in [4.69, 9.17) is 10.2 Å². The molecule has 0 aromatic carbocycles. The molecule has 1 rings (SSSR count). The van der Waals surface area contributed by atoms with Crippen molar-refractivity contribution in [1.82, 2.24) is 0 Å². The molecule has 2 nitrogen and oxygen atoms in total. The first-order valence-corrected chi connectivity index (χ1v) is 2.71. The minimum Gasteiger partial charge on any atom is -0.515 e. The van der Waals surface area contributed by atoms with Crippen LogP contribution in [0.4, 0.5) is 0 Å². The number of hydrogen-bond donors (Lipinski definition) is 2. The summed E-state index contributed by atoms with van der Waals surface area (Å²) < 4.78 is 0. The molecular weight excluding hydrogens is 116 g/mol. The van der Waals surface area contributed by atoms with Gasteiger partial charge >= 0.3 is 0 Å². The van der Waals surface area contributed by atoms with Crippen molar-refractivity contribution in [3.63, 3.8) is 0 Å². The minimum atomic E-state index is -0.0145. The van der Waals surface area contributed by atoms with E-state index in [9.17, 15) is 0 Å². The molecule has 0 aromatic rings. The first-order chi connectivity index (χ1) is 4.38. The Balaban J connectivity index is 2.78. The monoisotopic (exact) mass is 124 g/mol. The summed E-state index contributed by atoms with van der Waals surface area (Å²) in [4.78, 5) is 0. The van der Waals surface area contributed by atoms with Crippen molar-refractivity contribution in [2.75, 3.05) is 6.61 Å². The van der Waals surface area contributed by atoms with E-state index in [-0.39, 0.29) is 6.61 Å². The Labute approximate surface area is 53.4 Å². The summed E-state index contributed by atoms with van der Waals surface area (Å²) in [5, 5.41) is 17.1. The molecule has 0 atom stereocenters. The van der Waals surface area contributed by atoms with Gasteiger partial charge in [0.15, 0.2) is 0 Å². The van der Waals surface area contributed by atoms with Crippen molar-refractivity contribution in [2.45, 2.75) is 0 Å². The minimum absolute atomic E-state index is 0.0145. The Morgan fingerprint density at radius 3 is 2.78 bits per heavy atom. The van der Waals surface area contributed by atoms with Gasteiger partial charge in [-0.1, -0.05) is 18.2 Å². The lowest BCUT2D eigenvalue weighted by Gasteiger charge is -1.95. The molecule has 0 bridgehead atoms. The highest BCUT2D eigenvalue weighted by Crippen LogP contribution is 2.15. The Morgan fingerprint density at radius 2 is 2.33 bits per heavy atom. The van der Waals surface area contributed by atoms with Crippen molar-refractivity contribution >= 4 is 0 Å². The van der Waals surface area contributed by atoms with Crippen LogP contribution in [-0.2, 0) is 0 Å². The fourth-order valence-corrected chi connectivity index (χ4v) is 0.741. The third kappa shape index (κ3) is 1.03. The highest BCUT2D eigenvalue weighted by Gasteiger charge is 2.03. The largest absolute Gasteiger partial charge is 0.515 e. The average Bonchev–Trinajstić information content (AvgIpc) is 2.33. The van der Waals surface area contributed by atoms with Gasteiger partial charge in [0.05, 0.1) is 12.9 Å². The van der Waals surface area contributed by atoms with Crippen LogP contribution in [0.2, 0.25) is 0 Å². The molecule has 0 unspecified atom stereocenters. The molecule has 9 heavy (non-hydrogen) atoms. The Morgan fingerprint density at radius 1 is 1.56 bits per heavy atom. The average molecular weight is 124 g/mol. The van der Waals surface area contributed by atoms with Crippen LogP contribution >= 0.6 is 0 Å². The number of aliphatic hydroxyl groups excluding tert-OH is 2.